The van der Waals surface area contributed by atoms with E-state index in [1.54, 1.807) is 18.2 Å². The highest BCUT2D eigenvalue weighted by molar-refractivity contribution is 6.04. The molecule has 10 nitrogen and oxygen atoms in total. The van der Waals surface area contributed by atoms with Crippen LogP contribution in [-0.2, 0) is 6.54 Å². The number of hydrogen-bond donors (Lipinski definition) is 4. The zero-order valence-corrected chi connectivity index (χ0v) is 16.5. The van der Waals surface area contributed by atoms with E-state index < -0.39 is 11.5 Å². The summed E-state index contributed by atoms with van der Waals surface area (Å²) in [6, 6.07) is 13.7. The number of carbonyl (C=O) groups is 2. The number of fused-ring (bicyclic) bond motifs is 1. The molecule has 4 aromatic rings. The first-order chi connectivity index (χ1) is 15.0. The molecule has 2 aromatic carbocycles. The molecule has 1 atom stereocenters. The second kappa shape index (κ2) is 8.57. The third-order valence-corrected chi connectivity index (χ3v) is 4.84. The molecule has 0 aliphatic heterocycles. The summed E-state index contributed by atoms with van der Waals surface area (Å²) in [4.78, 5) is 36.5. The molecular formula is C21H19N7O3. The number of aromatic nitrogens is 5. The fraction of sp³-hybridized carbons (Fsp3) is 0.143. The van der Waals surface area contributed by atoms with Gasteiger partial charge < -0.3 is 10.6 Å². The molecule has 156 valence electrons. The average molecular weight is 417 g/mol. The SMILES string of the molecule is C[C@@H](NC(=O)c1ccn[nH]c1=O)c1ccc(CNC(=O)c2cccc3n[nH]nc23)cc1. The molecule has 0 aliphatic rings. The molecule has 2 amide bonds. The number of aromatic amines is 2. The van der Waals surface area contributed by atoms with Crippen molar-refractivity contribution < 1.29 is 9.59 Å². The van der Waals surface area contributed by atoms with Crippen LogP contribution in [0.25, 0.3) is 11.0 Å². The minimum absolute atomic E-state index is 0.00307. The van der Waals surface area contributed by atoms with Gasteiger partial charge in [-0.1, -0.05) is 30.3 Å². The second-order valence-corrected chi connectivity index (χ2v) is 6.92. The van der Waals surface area contributed by atoms with E-state index in [-0.39, 0.29) is 17.5 Å². The van der Waals surface area contributed by atoms with Crippen LogP contribution in [0.5, 0.6) is 0 Å². The van der Waals surface area contributed by atoms with Crippen LogP contribution >= 0.6 is 0 Å². The molecule has 31 heavy (non-hydrogen) atoms. The number of para-hydroxylation sites is 1. The van der Waals surface area contributed by atoms with Crippen molar-refractivity contribution in [1.29, 1.82) is 0 Å². The molecule has 0 saturated carbocycles. The van der Waals surface area contributed by atoms with Gasteiger partial charge in [0.05, 0.1) is 11.6 Å². The number of hydrogen-bond acceptors (Lipinski definition) is 6. The van der Waals surface area contributed by atoms with Crippen molar-refractivity contribution in [2.24, 2.45) is 0 Å². The van der Waals surface area contributed by atoms with Crippen molar-refractivity contribution in [2.75, 3.05) is 0 Å². The Hall–Kier alpha value is -4.34. The van der Waals surface area contributed by atoms with Gasteiger partial charge in [0.1, 0.15) is 16.6 Å². The minimum Gasteiger partial charge on any atom is -0.348 e. The van der Waals surface area contributed by atoms with Crippen LogP contribution in [0.1, 0.15) is 44.8 Å². The second-order valence-electron chi connectivity index (χ2n) is 6.92. The molecule has 0 aliphatic carbocycles. The topological polar surface area (TPSA) is 146 Å². The maximum atomic E-state index is 12.5. The molecule has 4 N–H and O–H groups in total. The van der Waals surface area contributed by atoms with Crippen LogP contribution in [0.4, 0.5) is 0 Å². The third kappa shape index (κ3) is 4.32. The Kier molecular flexibility index (Phi) is 5.52. The van der Waals surface area contributed by atoms with Crippen LogP contribution in [0.3, 0.4) is 0 Å². The number of carbonyl (C=O) groups excluding carboxylic acids is 2. The summed E-state index contributed by atoms with van der Waals surface area (Å²) in [6.07, 6.45) is 1.35. The largest absolute Gasteiger partial charge is 0.348 e. The van der Waals surface area contributed by atoms with Gasteiger partial charge in [0.2, 0.25) is 0 Å². The van der Waals surface area contributed by atoms with Gasteiger partial charge in [-0.2, -0.15) is 20.5 Å². The van der Waals surface area contributed by atoms with Crippen LogP contribution in [-0.4, -0.2) is 37.4 Å². The lowest BCUT2D eigenvalue weighted by atomic mass is 10.1. The minimum atomic E-state index is -0.542. The highest BCUT2D eigenvalue weighted by Gasteiger charge is 2.15. The van der Waals surface area contributed by atoms with E-state index in [0.29, 0.717) is 23.1 Å². The molecule has 2 heterocycles. The average Bonchev–Trinajstić information content (AvgIpc) is 3.27. The van der Waals surface area contributed by atoms with Crippen molar-refractivity contribution in [3.05, 3.63) is 87.3 Å². The fourth-order valence-corrected chi connectivity index (χ4v) is 3.13. The quantitative estimate of drug-likeness (QED) is 0.374. The summed E-state index contributed by atoms with van der Waals surface area (Å²) in [7, 11) is 0. The smallest absolute Gasteiger partial charge is 0.277 e. The predicted molar refractivity (Wildman–Crippen MR) is 112 cm³/mol. The molecule has 10 heteroatoms. The first kappa shape index (κ1) is 20.0. The van der Waals surface area contributed by atoms with Crippen molar-refractivity contribution in [3.63, 3.8) is 0 Å². The molecule has 0 bridgehead atoms. The molecule has 2 aromatic heterocycles. The number of rotatable bonds is 6. The van der Waals surface area contributed by atoms with Crippen LogP contribution in [0.15, 0.2) is 59.5 Å². The molecule has 0 unspecified atom stereocenters. The predicted octanol–water partition coefficient (Wildman–Crippen LogP) is 1.46. The van der Waals surface area contributed by atoms with E-state index in [4.69, 9.17) is 0 Å². The number of H-pyrrole nitrogens is 2. The summed E-state index contributed by atoms with van der Waals surface area (Å²) < 4.78 is 0. The lowest BCUT2D eigenvalue weighted by molar-refractivity contribution is 0.0934. The number of nitrogens with one attached hydrogen (secondary N) is 4. The van der Waals surface area contributed by atoms with Gasteiger partial charge in [0, 0.05) is 12.7 Å². The number of amides is 2. The normalized spacial score (nSPS) is 11.8. The van der Waals surface area contributed by atoms with Gasteiger partial charge in [0.25, 0.3) is 17.4 Å². The third-order valence-electron chi connectivity index (χ3n) is 4.84. The monoisotopic (exact) mass is 417 g/mol. The summed E-state index contributed by atoms with van der Waals surface area (Å²) >= 11 is 0. The Morgan fingerprint density at radius 3 is 2.58 bits per heavy atom. The zero-order valence-electron chi connectivity index (χ0n) is 16.5. The van der Waals surface area contributed by atoms with Gasteiger partial charge in [-0.3, -0.25) is 14.4 Å². The summed E-state index contributed by atoms with van der Waals surface area (Å²) in [6.45, 7) is 2.16. The Morgan fingerprint density at radius 2 is 1.81 bits per heavy atom. The highest BCUT2D eigenvalue weighted by Crippen LogP contribution is 2.15. The fourth-order valence-electron chi connectivity index (χ4n) is 3.13. The van der Waals surface area contributed by atoms with E-state index in [1.807, 2.05) is 31.2 Å². The first-order valence-electron chi connectivity index (χ1n) is 9.54. The number of nitrogens with zero attached hydrogens (tertiary/aromatic N) is 3. The van der Waals surface area contributed by atoms with Crippen LogP contribution < -0.4 is 16.2 Å². The number of benzene rings is 2. The summed E-state index contributed by atoms with van der Waals surface area (Å²) in [5, 5.41) is 22.0. The van der Waals surface area contributed by atoms with Gasteiger partial charge >= 0.3 is 0 Å². The maximum absolute atomic E-state index is 12.5. The Balaban J connectivity index is 1.37. The molecular weight excluding hydrogens is 398 g/mol. The van der Waals surface area contributed by atoms with E-state index in [2.05, 4.69) is 36.2 Å². The molecule has 4 rings (SSSR count). The Morgan fingerprint density at radius 1 is 1.00 bits per heavy atom. The Bertz CT molecular complexity index is 1290. The van der Waals surface area contributed by atoms with Gasteiger partial charge in [-0.05, 0) is 36.2 Å². The van der Waals surface area contributed by atoms with Crippen molar-refractivity contribution in [3.8, 4) is 0 Å². The van der Waals surface area contributed by atoms with Crippen molar-refractivity contribution in [2.45, 2.75) is 19.5 Å². The van der Waals surface area contributed by atoms with Gasteiger partial charge in [0.15, 0.2) is 0 Å². The van der Waals surface area contributed by atoms with E-state index in [9.17, 15) is 14.4 Å². The van der Waals surface area contributed by atoms with E-state index in [0.717, 1.165) is 11.1 Å². The standard InChI is InChI=1S/C21H19N7O3/c1-12(24-20(30)16-9-10-23-27-21(16)31)14-7-5-13(6-8-14)11-22-19(29)15-3-2-4-17-18(15)26-28-25-17/h2-10,12H,11H2,1H3,(H,22,29)(H,24,30)(H,27,31)(H,25,26,28)/t12-/m1/s1. The van der Waals surface area contributed by atoms with Crippen molar-refractivity contribution >= 4 is 22.8 Å². The van der Waals surface area contributed by atoms with E-state index in [1.165, 1.54) is 12.3 Å². The zero-order chi connectivity index (χ0) is 21.8. The summed E-state index contributed by atoms with van der Waals surface area (Å²) in [5.74, 6) is -0.721. The Labute approximate surface area is 176 Å². The molecule has 0 saturated heterocycles. The molecule has 0 radical (unpaired) electrons. The van der Waals surface area contributed by atoms with E-state index >= 15 is 0 Å². The lowest BCUT2D eigenvalue weighted by Crippen LogP contribution is -2.31. The molecule has 0 spiro atoms. The summed E-state index contributed by atoms with van der Waals surface area (Å²) in [5.41, 5.74) is 2.82. The lowest BCUT2D eigenvalue weighted by Gasteiger charge is -2.15. The molecule has 0 fully saturated rings. The van der Waals surface area contributed by atoms with Crippen LogP contribution in [0.2, 0.25) is 0 Å². The van der Waals surface area contributed by atoms with Gasteiger partial charge in [-0.15, -0.1) is 0 Å². The highest BCUT2D eigenvalue weighted by atomic mass is 16.2. The van der Waals surface area contributed by atoms with Crippen molar-refractivity contribution in [1.82, 2.24) is 36.2 Å². The van der Waals surface area contributed by atoms with Crippen LogP contribution in [0, 0.1) is 0 Å². The maximum Gasteiger partial charge on any atom is 0.277 e. The van der Waals surface area contributed by atoms with Gasteiger partial charge in [-0.25, -0.2) is 5.10 Å². The first-order valence-corrected chi connectivity index (χ1v) is 9.54.